The summed E-state index contributed by atoms with van der Waals surface area (Å²) in [6, 6.07) is 3.74. The van der Waals surface area contributed by atoms with Gasteiger partial charge in [-0.2, -0.15) is 0 Å². The van der Waals surface area contributed by atoms with Crippen molar-refractivity contribution in [2.45, 2.75) is 63.9 Å². The Morgan fingerprint density at radius 1 is 1.24 bits per heavy atom. The van der Waals surface area contributed by atoms with Crippen molar-refractivity contribution in [2.24, 2.45) is 0 Å². The van der Waals surface area contributed by atoms with Crippen LogP contribution < -0.4 is 0 Å². The molecule has 5 nitrogen and oxygen atoms in total. The molecule has 0 amide bonds. The summed E-state index contributed by atoms with van der Waals surface area (Å²) in [4.78, 5) is 28.4. The van der Waals surface area contributed by atoms with Crippen LogP contribution in [-0.2, 0) is 11.2 Å². The monoisotopic (exact) mass is 341 g/mol. The number of furan rings is 1. The van der Waals surface area contributed by atoms with Crippen molar-refractivity contribution < 1.29 is 18.7 Å². The molecule has 2 aliphatic rings. The van der Waals surface area contributed by atoms with Crippen LogP contribution in [0.2, 0.25) is 0 Å². The predicted octanol–water partition coefficient (Wildman–Crippen LogP) is 4.32. The smallest absolute Gasteiger partial charge is 0.355 e. The van der Waals surface area contributed by atoms with E-state index in [1.54, 1.807) is 6.26 Å². The highest BCUT2D eigenvalue weighted by Gasteiger charge is 2.33. The third kappa shape index (κ3) is 3.03. The fraction of sp³-hybridized carbons (Fsp3) is 0.500. The molecule has 2 heterocycles. The van der Waals surface area contributed by atoms with Gasteiger partial charge in [-0.15, -0.1) is 0 Å². The molecule has 1 saturated carbocycles. The normalized spacial score (nSPS) is 21.2. The number of Topliss-reactive ketones (excluding diaryl/α,β-unsaturated/α-hetero) is 1. The van der Waals surface area contributed by atoms with Gasteiger partial charge in [0.1, 0.15) is 17.6 Å². The fourth-order valence-corrected chi connectivity index (χ4v) is 4.16. The van der Waals surface area contributed by atoms with Crippen molar-refractivity contribution in [1.29, 1.82) is 0 Å². The summed E-state index contributed by atoms with van der Waals surface area (Å²) in [5.41, 5.74) is 2.65. The Kier molecular flexibility index (Phi) is 4.24. The molecule has 2 aromatic rings. The first kappa shape index (κ1) is 16.2. The second-order valence-electron chi connectivity index (χ2n) is 7.19. The molecule has 4 rings (SSSR count). The molecule has 0 aliphatic heterocycles. The van der Waals surface area contributed by atoms with E-state index < -0.39 is 0 Å². The highest BCUT2D eigenvalue weighted by Crippen LogP contribution is 2.35. The van der Waals surface area contributed by atoms with Crippen LogP contribution in [0.4, 0.5) is 0 Å². The number of hydrogen-bond acceptors (Lipinski definition) is 4. The maximum atomic E-state index is 12.6. The van der Waals surface area contributed by atoms with Crippen LogP contribution in [0.3, 0.4) is 0 Å². The lowest BCUT2D eigenvalue weighted by atomic mass is 9.84. The van der Waals surface area contributed by atoms with E-state index in [0.717, 1.165) is 42.7 Å². The summed E-state index contributed by atoms with van der Waals surface area (Å²) < 4.78 is 11.1. The highest BCUT2D eigenvalue weighted by atomic mass is 16.5. The lowest BCUT2D eigenvalue weighted by Gasteiger charge is -2.21. The maximum absolute atomic E-state index is 12.6. The van der Waals surface area contributed by atoms with Crippen LogP contribution in [0.1, 0.15) is 82.3 Å². The summed E-state index contributed by atoms with van der Waals surface area (Å²) in [5.74, 6) is 0.571. The summed E-state index contributed by atoms with van der Waals surface area (Å²) >= 11 is 0. The van der Waals surface area contributed by atoms with Gasteiger partial charge in [-0.3, -0.25) is 4.79 Å². The molecule has 25 heavy (non-hydrogen) atoms. The minimum atomic E-state index is -0.332. The van der Waals surface area contributed by atoms with E-state index in [2.05, 4.69) is 4.98 Å². The van der Waals surface area contributed by atoms with Crippen molar-refractivity contribution in [3.63, 3.8) is 0 Å². The van der Waals surface area contributed by atoms with Gasteiger partial charge in [-0.25, -0.2) is 4.79 Å². The molecule has 132 valence electrons. The summed E-state index contributed by atoms with van der Waals surface area (Å²) in [6.07, 6.45) is 8.03. The Balaban J connectivity index is 1.56. The van der Waals surface area contributed by atoms with Crippen LogP contribution in [0.5, 0.6) is 0 Å². The number of carbonyl (C=O) groups is 2. The molecule has 0 saturated heterocycles. The van der Waals surface area contributed by atoms with Crippen molar-refractivity contribution >= 4 is 11.8 Å². The lowest BCUT2D eigenvalue weighted by Crippen LogP contribution is -2.21. The Labute approximate surface area is 146 Å². The van der Waals surface area contributed by atoms with Gasteiger partial charge in [-0.05, 0) is 56.7 Å². The molecule has 1 atom stereocenters. The molecule has 0 aromatic carbocycles. The number of ether oxygens (including phenoxy) is 1. The average molecular weight is 341 g/mol. The van der Waals surface area contributed by atoms with Crippen LogP contribution in [0.15, 0.2) is 22.8 Å². The van der Waals surface area contributed by atoms with E-state index in [1.165, 1.54) is 6.42 Å². The van der Waals surface area contributed by atoms with E-state index in [-0.39, 0.29) is 23.8 Å². The van der Waals surface area contributed by atoms with E-state index in [4.69, 9.17) is 9.15 Å². The van der Waals surface area contributed by atoms with E-state index in [1.807, 2.05) is 19.1 Å². The largest absolute Gasteiger partial charge is 0.469 e. The predicted molar refractivity (Wildman–Crippen MR) is 91.9 cm³/mol. The van der Waals surface area contributed by atoms with Gasteiger partial charge in [0.15, 0.2) is 5.78 Å². The van der Waals surface area contributed by atoms with Gasteiger partial charge >= 0.3 is 5.97 Å². The second-order valence-corrected chi connectivity index (χ2v) is 7.19. The zero-order chi connectivity index (χ0) is 17.4. The number of esters is 1. The van der Waals surface area contributed by atoms with Crippen molar-refractivity contribution in [2.75, 3.05) is 0 Å². The van der Waals surface area contributed by atoms with Crippen molar-refractivity contribution in [3.8, 4) is 0 Å². The minimum absolute atomic E-state index is 0.00699. The molecule has 2 aromatic heterocycles. The van der Waals surface area contributed by atoms with Gasteiger partial charge in [0.2, 0.25) is 0 Å². The quantitative estimate of drug-likeness (QED) is 0.844. The number of hydrogen-bond donors (Lipinski definition) is 1. The molecule has 0 bridgehead atoms. The summed E-state index contributed by atoms with van der Waals surface area (Å²) in [6.45, 7) is 1.83. The van der Waals surface area contributed by atoms with Gasteiger partial charge in [-0.1, -0.05) is 6.42 Å². The lowest BCUT2D eigenvalue weighted by molar-refractivity contribution is 0.0204. The van der Waals surface area contributed by atoms with Gasteiger partial charge in [0, 0.05) is 23.6 Å². The minimum Gasteiger partial charge on any atom is -0.469 e. The topological polar surface area (TPSA) is 72.3 Å². The molecule has 0 unspecified atom stereocenters. The molecule has 1 fully saturated rings. The number of H-pyrrole nitrogens is 1. The van der Waals surface area contributed by atoms with Crippen LogP contribution in [-0.4, -0.2) is 22.8 Å². The zero-order valence-electron chi connectivity index (χ0n) is 14.5. The first-order valence-electron chi connectivity index (χ1n) is 9.12. The van der Waals surface area contributed by atoms with Crippen LogP contribution >= 0.6 is 0 Å². The molecule has 5 heteroatoms. The highest BCUT2D eigenvalue weighted by molar-refractivity contribution is 6.03. The first-order chi connectivity index (χ1) is 12.1. The average Bonchev–Trinajstić information content (AvgIpc) is 3.24. The number of carbonyl (C=O) groups excluding carboxylic acids is 2. The van der Waals surface area contributed by atoms with E-state index in [0.29, 0.717) is 24.1 Å². The Bertz CT molecular complexity index is 781. The summed E-state index contributed by atoms with van der Waals surface area (Å²) in [7, 11) is 0. The maximum Gasteiger partial charge on any atom is 0.355 e. The number of aromatic amines is 1. The third-order valence-corrected chi connectivity index (χ3v) is 5.46. The number of ketones is 1. The second kappa shape index (κ2) is 6.54. The van der Waals surface area contributed by atoms with E-state index >= 15 is 0 Å². The number of rotatable bonds is 3. The fourth-order valence-electron chi connectivity index (χ4n) is 4.16. The van der Waals surface area contributed by atoms with Gasteiger partial charge in [0.05, 0.1) is 6.26 Å². The Morgan fingerprint density at radius 3 is 2.76 bits per heavy atom. The van der Waals surface area contributed by atoms with Gasteiger partial charge < -0.3 is 14.1 Å². The standard InChI is InChI=1S/C20H23NO4/c1-12-18-15(10-13(11-16(18)22)17-8-5-9-24-17)21-19(12)20(23)25-14-6-3-2-4-7-14/h5,8-9,13-14,21H,2-4,6-7,10-11H2,1H3/t13-/m0/s1. The first-order valence-corrected chi connectivity index (χ1v) is 9.12. The third-order valence-electron chi connectivity index (χ3n) is 5.46. The number of fused-ring (bicyclic) bond motifs is 1. The zero-order valence-corrected chi connectivity index (χ0v) is 14.5. The SMILES string of the molecule is Cc1c(C(=O)OC2CCCCC2)[nH]c2c1C(=O)C[C@@H](c1ccco1)C2. The molecular weight excluding hydrogens is 318 g/mol. The molecule has 2 aliphatic carbocycles. The van der Waals surface area contributed by atoms with Gasteiger partial charge in [0.25, 0.3) is 0 Å². The number of nitrogens with one attached hydrogen (secondary N) is 1. The molecule has 1 N–H and O–H groups in total. The number of aromatic nitrogens is 1. The Morgan fingerprint density at radius 2 is 2.04 bits per heavy atom. The molecular formula is C20H23NO4. The summed E-state index contributed by atoms with van der Waals surface area (Å²) in [5, 5.41) is 0. The van der Waals surface area contributed by atoms with Crippen molar-refractivity contribution in [1.82, 2.24) is 4.98 Å². The van der Waals surface area contributed by atoms with Crippen LogP contribution in [0.25, 0.3) is 0 Å². The van der Waals surface area contributed by atoms with E-state index in [9.17, 15) is 9.59 Å². The molecule has 0 spiro atoms. The Hall–Kier alpha value is -2.30. The molecule has 0 radical (unpaired) electrons. The van der Waals surface area contributed by atoms with Crippen LogP contribution in [0, 0.1) is 6.92 Å². The van der Waals surface area contributed by atoms with Crippen molar-refractivity contribution in [3.05, 3.63) is 46.7 Å².